The molecule has 128 valence electrons. The average Bonchev–Trinajstić information content (AvgIpc) is 2.97. The molecular weight excluding hydrogens is 340 g/mol. The van der Waals surface area contributed by atoms with Crippen LogP contribution >= 0.6 is 11.8 Å². The Hall–Kier alpha value is -2.99. The number of rotatable bonds is 5. The van der Waals surface area contributed by atoms with Gasteiger partial charge in [-0.1, -0.05) is 0 Å². The van der Waals surface area contributed by atoms with Crippen molar-refractivity contribution in [3.63, 3.8) is 0 Å². The van der Waals surface area contributed by atoms with Crippen LogP contribution in [-0.4, -0.2) is 34.3 Å². The van der Waals surface area contributed by atoms with Crippen molar-refractivity contribution in [1.29, 1.82) is 5.26 Å². The maximum absolute atomic E-state index is 12.2. The van der Waals surface area contributed by atoms with Gasteiger partial charge >= 0.3 is 0 Å². The lowest BCUT2D eigenvalue weighted by Gasteiger charge is -2.16. The first-order valence-electron chi connectivity index (χ1n) is 7.66. The molecule has 0 atom stereocenters. The molecule has 1 aromatic carbocycles. The number of nitrogens with one attached hydrogen (secondary N) is 3. The molecule has 0 fully saturated rings. The number of carbonyl (C=O) groups is 2. The minimum atomic E-state index is -0.211. The molecule has 1 aliphatic rings. The minimum Gasteiger partial charge on any atom is -0.381 e. The molecule has 0 radical (unpaired) electrons. The molecule has 0 saturated carbocycles. The van der Waals surface area contributed by atoms with E-state index in [1.165, 1.54) is 11.8 Å². The van der Waals surface area contributed by atoms with Crippen LogP contribution in [0.25, 0.3) is 0 Å². The highest BCUT2D eigenvalue weighted by Gasteiger charge is 2.17. The van der Waals surface area contributed by atoms with Crippen molar-refractivity contribution in [2.24, 2.45) is 0 Å². The number of fused-ring (bicyclic) bond motifs is 1. The number of amides is 2. The SMILES string of the molecule is N#Cc1c(N)n[nH]c1CCCNC(=O)c1ccc2c(c1)NC(=O)CS2. The Labute approximate surface area is 148 Å². The summed E-state index contributed by atoms with van der Waals surface area (Å²) in [5.74, 6) is 0.302. The number of nitrogens with zero attached hydrogens (tertiary/aromatic N) is 2. The van der Waals surface area contributed by atoms with Crippen molar-refractivity contribution in [3.05, 3.63) is 35.0 Å². The number of hydrogen-bond donors (Lipinski definition) is 4. The highest BCUT2D eigenvalue weighted by Crippen LogP contribution is 2.31. The summed E-state index contributed by atoms with van der Waals surface area (Å²) < 4.78 is 0. The molecule has 5 N–H and O–H groups in total. The predicted octanol–water partition coefficient (Wildman–Crippen LogP) is 1.27. The topological polar surface area (TPSA) is 137 Å². The highest BCUT2D eigenvalue weighted by molar-refractivity contribution is 8.00. The third-order valence-electron chi connectivity index (χ3n) is 3.74. The van der Waals surface area contributed by atoms with Gasteiger partial charge in [-0.2, -0.15) is 10.4 Å². The van der Waals surface area contributed by atoms with E-state index in [-0.39, 0.29) is 17.6 Å². The van der Waals surface area contributed by atoms with Gasteiger partial charge in [0.1, 0.15) is 11.6 Å². The van der Waals surface area contributed by atoms with Gasteiger partial charge in [0.05, 0.1) is 17.1 Å². The number of benzene rings is 1. The maximum atomic E-state index is 12.2. The molecule has 9 heteroatoms. The van der Waals surface area contributed by atoms with Gasteiger partial charge in [0.2, 0.25) is 5.91 Å². The van der Waals surface area contributed by atoms with Crippen LogP contribution in [0.15, 0.2) is 23.1 Å². The van der Waals surface area contributed by atoms with Crippen molar-refractivity contribution in [1.82, 2.24) is 15.5 Å². The normalized spacial score (nSPS) is 12.8. The third kappa shape index (κ3) is 3.75. The predicted molar refractivity (Wildman–Crippen MR) is 94.2 cm³/mol. The van der Waals surface area contributed by atoms with E-state index in [0.29, 0.717) is 47.6 Å². The number of aromatic nitrogens is 2. The average molecular weight is 356 g/mol. The molecule has 1 aromatic heterocycles. The Morgan fingerprint density at radius 1 is 1.48 bits per heavy atom. The van der Waals surface area contributed by atoms with Crippen LogP contribution in [0.4, 0.5) is 11.5 Å². The monoisotopic (exact) mass is 356 g/mol. The van der Waals surface area contributed by atoms with E-state index in [1.807, 2.05) is 12.1 Å². The molecule has 2 amide bonds. The number of aryl methyl sites for hydroxylation is 1. The number of nitriles is 1. The summed E-state index contributed by atoms with van der Waals surface area (Å²) in [5.41, 5.74) is 7.76. The van der Waals surface area contributed by atoms with E-state index < -0.39 is 0 Å². The van der Waals surface area contributed by atoms with Crippen LogP contribution in [0.1, 0.15) is 28.0 Å². The number of carbonyl (C=O) groups excluding carboxylic acids is 2. The van der Waals surface area contributed by atoms with Crippen LogP contribution in [0.2, 0.25) is 0 Å². The van der Waals surface area contributed by atoms with Gasteiger partial charge in [0, 0.05) is 17.0 Å². The standard InChI is InChI=1S/C16H16N6O2S/c17-7-10-11(21-22-15(10)18)2-1-5-19-16(24)9-3-4-13-12(6-9)20-14(23)8-25-13/h3-4,6H,1-2,5,8H2,(H,19,24)(H,20,23)(H3,18,21,22). The minimum absolute atomic E-state index is 0.0674. The largest absolute Gasteiger partial charge is 0.381 e. The molecule has 3 rings (SSSR count). The van der Waals surface area contributed by atoms with E-state index >= 15 is 0 Å². The summed E-state index contributed by atoms with van der Waals surface area (Å²) in [6, 6.07) is 7.26. The second-order valence-electron chi connectivity index (χ2n) is 5.48. The van der Waals surface area contributed by atoms with Gasteiger partial charge < -0.3 is 16.4 Å². The first-order chi connectivity index (χ1) is 12.1. The van der Waals surface area contributed by atoms with Crippen LogP contribution in [-0.2, 0) is 11.2 Å². The van der Waals surface area contributed by atoms with Crippen molar-refractivity contribution in [2.45, 2.75) is 17.7 Å². The quantitative estimate of drug-likeness (QED) is 0.596. The van der Waals surface area contributed by atoms with Gasteiger partial charge in [-0.25, -0.2) is 0 Å². The van der Waals surface area contributed by atoms with Gasteiger partial charge in [0.15, 0.2) is 5.82 Å². The van der Waals surface area contributed by atoms with E-state index in [4.69, 9.17) is 11.0 Å². The third-order valence-corrected chi connectivity index (χ3v) is 4.82. The summed E-state index contributed by atoms with van der Waals surface area (Å²) in [6.07, 6.45) is 1.20. The number of nitrogens with two attached hydrogens (primary N) is 1. The van der Waals surface area contributed by atoms with Gasteiger partial charge in [-0.3, -0.25) is 14.7 Å². The number of anilines is 2. The van der Waals surface area contributed by atoms with Crippen molar-refractivity contribution in [2.75, 3.05) is 23.3 Å². The first-order valence-corrected chi connectivity index (χ1v) is 8.64. The molecule has 25 heavy (non-hydrogen) atoms. The number of thioether (sulfide) groups is 1. The second-order valence-corrected chi connectivity index (χ2v) is 6.50. The van der Waals surface area contributed by atoms with E-state index in [0.717, 1.165) is 4.90 Å². The van der Waals surface area contributed by atoms with E-state index in [1.54, 1.807) is 12.1 Å². The van der Waals surface area contributed by atoms with Crippen molar-refractivity contribution >= 4 is 35.1 Å². The Balaban J connectivity index is 1.54. The number of aromatic amines is 1. The molecule has 0 bridgehead atoms. The van der Waals surface area contributed by atoms with Crippen LogP contribution in [0.5, 0.6) is 0 Å². The van der Waals surface area contributed by atoms with Crippen LogP contribution in [0, 0.1) is 11.3 Å². The van der Waals surface area contributed by atoms with Crippen LogP contribution in [0.3, 0.4) is 0 Å². The van der Waals surface area contributed by atoms with Gasteiger partial charge in [-0.05, 0) is 31.0 Å². The fourth-order valence-electron chi connectivity index (χ4n) is 2.49. The smallest absolute Gasteiger partial charge is 0.251 e. The van der Waals surface area contributed by atoms with Crippen molar-refractivity contribution in [3.8, 4) is 6.07 Å². The summed E-state index contributed by atoms with van der Waals surface area (Å²) >= 11 is 1.45. The molecule has 0 unspecified atom stereocenters. The number of hydrogen-bond acceptors (Lipinski definition) is 6. The fourth-order valence-corrected chi connectivity index (χ4v) is 3.28. The molecule has 1 aliphatic heterocycles. The zero-order valence-electron chi connectivity index (χ0n) is 13.3. The zero-order chi connectivity index (χ0) is 17.8. The molecular formula is C16H16N6O2S. The van der Waals surface area contributed by atoms with Gasteiger partial charge in [0.25, 0.3) is 5.91 Å². The Morgan fingerprint density at radius 3 is 3.12 bits per heavy atom. The first kappa shape index (κ1) is 16.9. The maximum Gasteiger partial charge on any atom is 0.251 e. The molecule has 0 saturated heterocycles. The fraction of sp³-hybridized carbons (Fsp3) is 0.250. The highest BCUT2D eigenvalue weighted by atomic mass is 32.2. The lowest BCUT2D eigenvalue weighted by atomic mass is 10.1. The molecule has 0 spiro atoms. The molecule has 8 nitrogen and oxygen atoms in total. The summed E-state index contributed by atoms with van der Waals surface area (Å²) in [6.45, 7) is 0.445. The summed E-state index contributed by atoms with van der Waals surface area (Å²) in [5, 5.41) is 21.1. The zero-order valence-corrected chi connectivity index (χ0v) is 14.1. The lowest BCUT2D eigenvalue weighted by molar-refractivity contribution is -0.113. The van der Waals surface area contributed by atoms with E-state index in [9.17, 15) is 9.59 Å². The number of H-pyrrole nitrogens is 1. The second kappa shape index (κ2) is 7.27. The molecule has 2 aromatic rings. The summed E-state index contributed by atoms with van der Waals surface area (Å²) in [7, 11) is 0. The number of nitrogen functional groups attached to an aromatic ring is 1. The van der Waals surface area contributed by atoms with Gasteiger partial charge in [-0.15, -0.1) is 11.8 Å². The lowest BCUT2D eigenvalue weighted by Crippen LogP contribution is -2.25. The van der Waals surface area contributed by atoms with Crippen molar-refractivity contribution < 1.29 is 9.59 Å². The van der Waals surface area contributed by atoms with Crippen LogP contribution < -0.4 is 16.4 Å². The molecule has 0 aliphatic carbocycles. The Kier molecular flexibility index (Phi) is 4.90. The Morgan fingerprint density at radius 2 is 2.32 bits per heavy atom. The Bertz CT molecular complexity index is 870. The van der Waals surface area contributed by atoms with E-state index in [2.05, 4.69) is 20.8 Å². The summed E-state index contributed by atoms with van der Waals surface area (Å²) in [4.78, 5) is 24.6. The molecule has 2 heterocycles.